The SMILES string of the molecule is CCNC(=O)c1ccc(N/C(CCl)=C(\N)C(=O)NC2CC2)cc1. The van der Waals surface area contributed by atoms with Gasteiger partial charge in [0.15, 0.2) is 0 Å². The minimum absolute atomic E-state index is 0.0831. The Kier molecular flexibility index (Phi) is 5.87. The fourth-order valence-electron chi connectivity index (χ4n) is 1.94. The van der Waals surface area contributed by atoms with Gasteiger partial charge in [0.2, 0.25) is 0 Å². The molecule has 23 heavy (non-hydrogen) atoms. The van der Waals surface area contributed by atoms with Crippen molar-refractivity contribution in [2.24, 2.45) is 5.73 Å². The predicted molar refractivity (Wildman–Crippen MR) is 91.2 cm³/mol. The van der Waals surface area contributed by atoms with Gasteiger partial charge in [-0.2, -0.15) is 0 Å². The highest BCUT2D eigenvalue weighted by Crippen LogP contribution is 2.19. The minimum Gasteiger partial charge on any atom is -0.393 e. The number of hydrogen-bond donors (Lipinski definition) is 4. The minimum atomic E-state index is -0.311. The molecule has 5 N–H and O–H groups in total. The van der Waals surface area contributed by atoms with Gasteiger partial charge in [-0.3, -0.25) is 9.59 Å². The highest BCUT2D eigenvalue weighted by molar-refractivity contribution is 6.20. The monoisotopic (exact) mass is 336 g/mol. The third-order valence-corrected chi connectivity index (χ3v) is 3.66. The second-order valence-corrected chi connectivity index (χ2v) is 5.60. The van der Waals surface area contributed by atoms with Gasteiger partial charge in [-0.05, 0) is 44.0 Å². The normalized spacial score (nSPS) is 14.7. The van der Waals surface area contributed by atoms with Gasteiger partial charge in [-0.15, -0.1) is 11.6 Å². The van der Waals surface area contributed by atoms with Crippen LogP contribution in [0.5, 0.6) is 0 Å². The van der Waals surface area contributed by atoms with Crippen molar-refractivity contribution in [1.82, 2.24) is 10.6 Å². The molecule has 6 nitrogen and oxygen atoms in total. The summed E-state index contributed by atoms with van der Waals surface area (Å²) in [4.78, 5) is 23.7. The maximum Gasteiger partial charge on any atom is 0.269 e. The first-order chi connectivity index (χ1) is 11.0. The van der Waals surface area contributed by atoms with E-state index in [0.29, 0.717) is 23.5 Å². The smallest absolute Gasteiger partial charge is 0.269 e. The Labute approximate surface area is 140 Å². The molecule has 0 saturated heterocycles. The Morgan fingerprint density at radius 1 is 1.26 bits per heavy atom. The average Bonchev–Trinajstić information content (AvgIpc) is 3.36. The Morgan fingerprint density at radius 2 is 1.91 bits per heavy atom. The van der Waals surface area contributed by atoms with E-state index in [0.717, 1.165) is 12.8 Å². The Morgan fingerprint density at radius 3 is 2.43 bits per heavy atom. The number of hydrogen-bond acceptors (Lipinski definition) is 4. The van der Waals surface area contributed by atoms with Gasteiger partial charge in [0, 0.05) is 23.8 Å². The van der Waals surface area contributed by atoms with Crippen LogP contribution in [0.15, 0.2) is 35.7 Å². The van der Waals surface area contributed by atoms with Gasteiger partial charge >= 0.3 is 0 Å². The van der Waals surface area contributed by atoms with E-state index in [1.165, 1.54) is 0 Å². The molecular formula is C16H21ClN4O2. The highest BCUT2D eigenvalue weighted by atomic mass is 35.5. The molecule has 0 unspecified atom stereocenters. The number of rotatable bonds is 7. The number of carbonyl (C=O) groups is 2. The molecule has 0 aliphatic heterocycles. The number of nitrogens with one attached hydrogen (secondary N) is 3. The van der Waals surface area contributed by atoms with Gasteiger partial charge < -0.3 is 21.7 Å². The summed E-state index contributed by atoms with van der Waals surface area (Å²) in [6.45, 7) is 2.44. The van der Waals surface area contributed by atoms with E-state index >= 15 is 0 Å². The summed E-state index contributed by atoms with van der Waals surface area (Å²) in [5, 5.41) is 8.58. The summed E-state index contributed by atoms with van der Waals surface area (Å²) in [5.74, 6) is -0.354. The molecule has 0 aromatic heterocycles. The average molecular weight is 337 g/mol. The third kappa shape index (κ3) is 4.89. The van der Waals surface area contributed by atoms with Crippen molar-refractivity contribution >= 4 is 29.1 Å². The van der Waals surface area contributed by atoms with E-state index in [2.05, 4.69) is 16.0 Å². The number of nitrogens with two attached hydrogens (primary N) is 1. The van der Waals surface area contributed by atoms with Gasteiger partial charge in [-0.25, -0.2) is 0 Å². The second-order valence-electron chi connectivity index (χ2n) is 5.34. The summed E-state index contributed by atoms with van der Waals surface area (Å²) in [5.41, 5.74) is 7.66. The molecule has 0 atom stereocenters. The molecule has 1 saturated carbocycles. The molecule has 0 spiro atoms. The summed E-state index contributed by atoms with van der Waals surface area (Å²) < 4.78 is 0. The van der Waals surface area contributed by atoms with Crippen LogP contribution in [0.25, 0.3) is 0 Å². The molecule has 0 bridgehead atoms. The van der Waals surface area contributed by atoms with Crippen LogP contribution in [0.3, 0.4) is 0 Å². The van der Waals surface area contributed by atoms with Crippen molar-refractivity contribution in [2.75, 3.05) is 17.7 Å². The molecule has 2 amide bonds. The van der Waals surface area contributed by atoms with E-state index in [4.69, 9.17) is 17.3 Å². The number of amides is 2. The standard InChI is InChI=1S/C16H21ClN4O2/c1-2-19-15(22)10-3-5-11(6-4-10)20-13(9-17)14(18)16(23)21-12-7-8-12/h3-6,12,20H,2,7-9,18H2,1H3,(H,19,22)(H,21,23)/b14-13-. The summed E-state index contributed by atoms with van der Waals surface area (Å²) >= 11 is 5.89. The van der Waals surface area contributed by atoms with Gasteiger partial charge in [0.05, 0.1) is 11.6 Å². The highest BCUT2D eigenvalue weighted by Gasteiger charge is 2.25. The van der Waals surface area contributed by atoms with Gasteiger partial charge in [0.1, 0.15) is 5.70 Å². The summed E-state index contributed by atoms with van der Waals surface area (Å²) in [6, 6.07) is 7.10. The number of halogens is 1. The zero-order valence-corrected chi connectivity index (χ0v) is 13.7. The van der Waals surface area contributed by atoms with Crippen LogP contribution >= 0.6 is 11.6 Å². The maximum absolute atomic E-state index is 12.0. The van der Waals surface area contributed by atoms with Crippen molar-refractivity contribution in [2.45, 2.75) is 25.8 Å². The van der Waals surface area contributed by atoms with Gasteiger partial charge in [0.25, 0.3) is 11.8 Å². The van der Waals surface area contributed by atoms with Crippen molar-refractivity contribution in [3.05, 3.63) is 41.2 Å². The fourth-order valence-corrected chi connectivity index (χ4v) is 2.15. The fraction of sp³-hybridized carbons (Fsp3) is 0.375. The van der Waals surface area contributed by atoms with Crippen LogP contribution in [0.2, 0.25) is 0 Å². The van der Waals surface area contributed by atoms with Crippen LogP contribution in [-0.4, -0.2) is 30.3 Å². The molecule has 1 aliphatic rings. The van der Waals surface area contributed by atoms with Crippen molar-refractivity contribution in [1.29, 1.82) is 0 Å². The van der Waals surface area contributed by atoms with E-state index in [1.807, 2.05) is 6.92 Å². The Balaban J connectivity index is 2.05. The van der Waals surface area contributed by atoms with Crippen LogP contribution in [-0.2, 0) is 4.79 Å². The predicted octanol–water partition coefficient (Wildman–Crippen LogP) is 1.54. The molecule has 1 aromatic carbocycles. The first kappa shape index (κ1) is 17.1. The van der Waals surface area contributed by atoms with E-state index in [-0.39, 0.29) is 29.4 Å². The molecule has 124 valence electrons. The topological polar surface area (TPSA) is 96.2 Å². The van der Waals surface area contributed by atoms with Crippen molar-refractivity contribution in [3.63, 3.8) is 0 Å². The lowest BCUT2D eigenvalue weighted by molar-refractivity contribution is -0.117. The van der Waals surface area contributed by atoms with Crippen LogP contribution in [0.1, 0.15) is 30.1 Å². The maximum atomic E-state index is 12.0. The third-order valence-electron chi connectivity index (χ3n) is 3.40. The molecule has 0 heterocycles. The van der Waals surface area contributed by atoms with Crippen molar-refractivity contribution < 1.29 is 9.59 Å². The molecule has 1 aromatic rings. The number of alkyl halides is 1. The van der Waals surface area contributed by atoms with Crippen LogP contribution in [0.4, 0.5) is 5.69 Å². The molecule has 7 heteroatoms. The number of allylic oxidation sites excluding steroid dienone is 1. The Hall–Kier alpha value is -2.21. The lowest BCUT2D eigenvalue weighted by Gasteiger charge is -2.13. The van der Waals surface area contributed by atoms with Crippen molar-refractivity contribution in [3.8, 4) is 0 Å². The zero-order chi connectivity index (χ0) is 16.8. The lowest BCUT2D eigenvalue weighted by atomic mass is 10.2. The zero-order valence-electron chi connectivity index (χ0n) is 13.0. The lowest BCUT2D eigenvalue weighted by Crippen LogP contribution is -2.32. The van der Waals surface area contributed by atoms with E-state index < -0.39 is 0 Å². The molecule has 0 radical (unpaired) electrons. The molecule has 1 aliphatic carbocycles. The molecular weight excluding hydrogens is 316 g/mol. The van der Waals surface area contributed by atoms with Gasteiger partial charge in [-0.1, -0.05) is 0 Å². The molecule has 2 rings (SSSR count). The largest absolute Gasteiger partial charge is 0.393 e. The van der Waals surface area contributed by atoms with E-state index in [1.54, 1.807) is 24.3 Å². The Bertz CT molecular complexity index is 609. The second kappa shape index (κ2) is 7.87. The number of benzene rings is 1. The summed E-state index contributed by atoms with van der Waals surface area (Å²) in [7, 11) is 0. The first-order valence-electron chi connectivity index (χ1n) is 7.55. The van der Waals surface area contributed by atoms with Crippen LogP contribution in [0, 0.1) is 0 Å². The quantitative estimate of drug-likeness (QED) is 0.448. The summed E-state index contributed by atoms with van der Waals surface area (Å²) in [6.07, 6.45) is 1.98. The first-order valence-corrected chi connectivity index (χ1v) is 8.09. The van der Waals surface area contributed by atoms with Crippen LogP contribution < -0.4 is 21.7 Å². The molecule has 1 fully saturated rings. The number of carbonyl (C=O) groups excluding carboxylic acids is 2. The number of anilines is 1. The van der Waals surface area contributed by atoms with E-state index in [9.17, 15) is 9.59 Å².